The zero-order chi connectivity index (χ0) is 19.9. The highest BCUT2D eigenvalue weighted by Gasteiger charge is 2.23. The summed E-state index contributed by atoms with van der Waals surface area (Å²) in [5, 5.41) is 5.75. The molecule has 2 amide bonds. The van der Waals surface area contributed by atoms with Gasteiger partial charge in [0.25, 0.3) is 0 Å². The van der Waals surface area contributed by atoms with Crippen molar-refractivity contribution < 1.29 is 9.59 Å². The van der Waals surface area contributed by atoms with E-state index in [2.05, 4.69) is 20.5 Å². The van der Waals surface area contributed by atoms with E-state index >= 15 is 0 Å². The first-order valence-electron chi connectivity index (χ1n) is 9.52. The topological polar surface area (TPSA) is 74.3 Å². The van der Waals surface area contributed by atoms with Crippen LogP contribution in [0.3, 0.4) is 0 Å². The van der Waals surface area contributed by atoms with E-state index in [4.69, 9.17) is 0 Å². The number of carbonyl (C=O) groups is 2. The quantitative estimate of drug-likeness (QED) is 0.731. The summed E-state index contributed by atoms with van der Waals surface area (Å²) in [4.78, 5) is 31.3. The molecular weight excluding hydrogens is 372 g/mol. The van der Waals surface area contributed by atoms with Crippen molar-refractivity contribution >= 4 is 35.1 Å². The lowest BCUT2D eigenvalue weighted by atomic mass is 10.0. The molecule has 6 nitrogen and oxygen atoms in total. The van der Waals surface area contributed by atoms with Gasteiger partial charge in [0.2, 0.25) is 11.8 Å². The molecule has 0 spiro atoms. The van der Waals surface area contributed by atoms with Gasteiger partial charge in [0.05, 0.1) is 5.25 Å². The van der Waals surface area contributed by atoms with Crippen LogP contribution < -0.4 is 15.5 Å². The maximum Gasteiger partial charge on any atom is 0.233 e. The van der Waals surface area contributed by atoms with E-state index in [0.29, 0.717) is 0 Å². The van der Waals surface area contributed by atoms with Gasteiger partial charge in [0, 0.05) is 42.8 Å². The fourth-order valence-electron chi connectivity index (χ4n) is 3.19. The lowest BCUT2D eigenvalue weighted by molar-refractivity contribution is -0.121. The zero-order valence-electron chi connectivity index (χ0n) is 16.2. The number of nitrogens with zero attached hydrogens (tertiary/aromatic N) is 2. The Balaban J connectivity index is 1.45. The van der Waals surface area contributed by atoms with Crippen LogP contribution in [0.2, 0.25) is 0 Å². The van der Waals surface area contributed by atoms with E-state index in [1.54, 1.807) is 0 Å². The van der Waals surface area contributed by atoms with E-state index in [-0.39, 0.29) is 23.1 Å². The summed E-state index contributed by atoms with van der Waals surface area (Å²) in [7, 11) is 0. The van der Waals surface area contributed by atoms with Crippen molar-refractivity contribution in [1.29, 1.82) is 0 Å². The minimum atomic E-state index is -0.180. The van der Waals surface area contributed by atoms with E-state index in [9.17, 15) is 9.59 Å². The summed E-state index contributed by atoms with van der Waals surface area (Å²) in [6.07, 6.45) is 3.65. The number of anilines is 2. The predicted molar refractivity (Wildman–Crippen MR) is 114 cm³/mol. The number of carbonyl (C=O) groups excluding carboxylic acids is 2. The molecule has 3 rings (SSSR count). The van der Waals surface area contributed by atoms with Gasteiger partial charge in [-0.25, -0.2) is 4.98 Å². The molecule has 2 aromatic rings. The number of aromatic nitrogens is 1. The molecule has 0 saturated carbocycles. The van der Waals surface area contributed by atoms with Crippen LogP contribution in [0, 0.1) is 0 Å². The summed E-state index contributed by atoms with van der Waals surface area (Å²) in [5.41, 5.74) is 0.758. The lowest BCUT2D eigenvalue weighted by Crippen LogP contribution is -2.46. The Hall–Kier alpha value is -2.54. The smallest absolute Gasteiger partial charge is 0.233 e. The Morgan fingerprint density at radius 3 is 2.46 bits per heavy atom. The lowest BCUT2D eigenvalue weighted by Gasteiger charge is -2.33. The van der Waals surface area contributed by atoms with E-state index in [1.807, 2.05) is 55.6 Å². The minimum Gasteiger partial charge on any atom is -0.356 e. The van der Waals surface area contributed by atoms with Crippen molar-refractivity contribution in [3.8, 4) is 0 Å². The summed E-state index contributed by atoms with van der Waals surface area (Å²) >= 11 is 1.52. The Morgan fingerprint density at radius 1 is 1.14 bits per heavy atom. The molecule has 1 aliphatic heterocycles. The van der Waals surface area contributed by atoms with Gasteiger partial charge in [-0.05, 0) is 56.2 Å². The Labute approximate surface area is 170 Å². The highest BCUT2D eigenvalue weighted by molar-refractivity contribution is 8.00. The van der Waals surface area contributed by atoms with Gasteiger partial charge in [0.1, 0.15) is 5.82 Å². The van der Waals surface area contributed by atoms with Gasteiger partial charge in [-0.15, -0.1) is 11.8 Å². The minimum absolute atomic E-state index is 0.0622. The van der Waals surface area contributed by atoms with Crippen LogP contribution in [0.25, 0.3) is 0 Å². The number of hydrogen-bond donors (Lipinski definition) is 2. The van der Waals surface area contributed by atoms with Gasteiger partial charge >= 0.3 is 0 Å². The van der Waals surface area contributed by atoms with Gasteiger partial charge in [-0.2, -0.15) is 0 Å². The molecule has 1 saturated heterocycles. The monoisotopic (exact) mass is 398 g/mol. The molecule has 7 heteroatoms. The highest BCUT2D eigenvalue weighted by atomic mass is 32.2. The van der Waals surface area contributed by atoms with Crippen LogP contribution in [0.1, 0.15) is 26.7 Å². The van der Waals surface area contributed by atoms with E-state index < -0.39 is 0 Å². The molecule has 0 radical (unpaired) electrons. The van der Waals surface area contributed by atoms with E-state index in [1.165, 1.54) is 18.7 Å². The molecular formula is C21H26N4O2S. The van der Waals surface area contributed by atoms with Gasteiger partial charge in [-0.1, -0.05) is 6.07 Å². The van der Waals surface area contributed by atoms with Crippen molar-refractivity contribution in [3.63, 3.8) is 0 Å². The number of benzene rings is 1. The van der Waals surface area contributed by atoms with Crippen LogP contribution in [-0.4, -0.2) is 41.2 Å². The molecule has 1 atom stereocenters. The van der Waals surface area contributed by atoms with Crippen LogP contribution in [-0.2, 0) is 9.59 Å². The predicted octanol–water partition coefficient (Wildman–Crippen LogP) is 3.31. The molecule has 1 fully saturated rings. The molecule has 1 aromatic heterocycles. The first kappa shape index (κ1) is 20.2. The van der Waals surface area contributed by atoms with Crippen molar-refractivity contribution in [2.45, 2.75) is 42.9 Å². The normalized spacial score (nSPS) is 15.7. The standard InChI is InChI=1S/C21H26N4O2S/c1-15(28-19-8-6-17(7-9-19)23-16(2)26)21(27)24-18-10-13-25(14-11-18)20-5-3-4-12-22-20/h3-9,12,15,18H,10-11,13-14H2,1-2H3,(H,23,26)(H,24,27). The van der Waals surface area contributed by atoms with Gasteiger partial charge in [-0.3, -0.25) is 9.59 Å². The second-order valence-electron chi connectivity index (χ2n) is 6.92. The fraction of sp³-hybridized carbons (Fsp3) is 0.381. The SMILES string of the molecule is CC(=O)Nc1ccc(SC(C)C(=O)NC2CCN(c3ccccn3)CC2)cc1. The van der Waals surface area contributed by atoms with Gasteiger partial charge < -0.3 is 15.5 Å². The molecule has 0 aliphatic carbocycles. The first-order valence-corrected chi connectivity index (χ1v) is 10.4. The maximum atomic E-state index is 12.6. The summed E-state index contributed by atoms with van der Waals surface area (Å²) in [5.74, 6) is 0.966. The van der Waals surface area contributed by atoms with Gasteiger partial charge in [0.15, 0.2) is 0 Å². The third-order valence-electron chi connectivity index (χ3n) is 4.67. The van der Waals surface area contributed by atoms with Crippen molar-refractivity contribution in [1.82, 2.24) is 10.3 Å². The molecule has 28 heavy (non-hydrogen) atoms. The third-order valence-corrected chi connectivity index (χ3v) is 5.78. The Morgan fingerprint density at radius 2 is 1.86 bits per heavy atom. The maximum absolute atomic E-state index is 12.6. The summed E-state index contributed by atoms with van der Waals surface area (Å²) in [6, 6.07) is 13.7. The van der Waals surface area contributed by atoms with Crippen molar-refractivity contribution in [3.05, 3.63) is 48.7 Å². The number of thioether (sulfide) groups is 1. The van der Waals surface area contributed by atoms with Crippen LogP contribution in [0.15, 0.2) is 53.6 Å². The molecule has 1 aliphatic rings. The summed E-state index contributed by atoms with van der Waals surface area (Å²) < 4.78 is 0. The molecule has 2 N–H and O–H groups in total. The molecule has 0 bridgehead atoms. The molecule has 1 aromatic carbocycles. The number of rotatable bonds is 6. The average molecular weight is 399 g/mol. The number of hydrogen-bond acceptors (Lipinski definition) is 5. The molecule has 2 heterocycles. The number of piperidine rings is 1. The zero-order valence-corrected chi connectivity index (χ0v) is 17.0. The average Bonchev–Trinajstić information content (AvgIpc) is 2.70. The second-order valence-corrected chi connectivity index (χ2v) is 8.34. The van der Waals surface area contributed by atoms with E-state index in [0.717, 1.165) is 42.3 Å². The number of nitrogens with one attached hydrogen (secondary N) is 2. The number of pyridine rings is 1. The van der Waals surface area contributed by atoms with Crippen molar-refractivity contribution in [2.75, 3.05) is 23.3 Å². The third kappa shape index (κ3) is 5.73. The Bertz CT molecular complexity index is 790. The van der Waals surface area contributed by atoms with Crippen molar-refractivity contribution in [2.24, 2.45) is 0 Å². The highest BCUT2D eigenvalue weighted by Crippen LogP contribution is 2.25. The fourth-order valence-corrected chi connectivity index (χ4v) is 4.07. The number of amides is 2. The Kier molecular flexibility index (Phi) is 6.92. The van der Waals surface area contributed by atoms with Crippen LogP contribution in [0.5, 0.6) is 0 Å². The molecule has 1 unspecified atom stereocenters. The van der Waals surface area contributed by atoms with Crippen LogP contribution >= 0.6 is 11.8 Å². The summed E-state index contributed by atoms with van der Waals surface area (Å²) in [6.45, 7) is 5.20. The first-order chi connectivity index (χ1) is 13.5. The largest absolute Gasteiger partial charge is 0.356 e. The molecule has 148 valence electrons. The second kappa shape index (κ2) is 9.59. The van der Waals surface area contributed by atoms with Crippen LogP contribution in [0.4, 0.5) is 11.5 Å².